The molecule has 1 fully saturated rings. The van der Waals surface area contributed by atoms with E-state index in [4.69, 9.17) is 9.47 Å². The maximum absolute atomic E-state index is 12.2. The number of hydrogen-bond donors (Lipinski definition) is 4. The maximum atomic E-state index is 12.2. The molecule has 43 heavy (non-hydrogen) atoms. The summed E-state index contributed by atoms with van der Waals surface area (Å²) in [5.41, 5.74) is 0. The molecule has 0 unspecified atom stereocenters. The van der Waals surface area contributed by atoms with Crippen LogP contribution < -0.4 is 0 Å². The standard InChI is InChI=1S/C35H62O8/c1-4-5-12-18-28(37)22-23-31-30(32(38)24-33(31)39)19-14-10-11-16-21-35(41)43-29(25-36)26-42-34(40)20-15-9-7-6-8-13-17-27(2)3/h10,14,22-23,27-33,36-39H,4-9,11-13,15-21,24-26H2,1-3H3/b14-10+,23-22+/t28-,29-,30+,31+,32-,33+/m0/s1. The normalized spacial score (nSPS) is 22.0. The third-order valence-electron chi connectivity index (χ3n) is 8.25. The molecule has 0 radical (unpaired) electrons. The van der Waals surface area contributed by atoms with Crippen LogP contribution in [0.15, 0.2) is 24.3 Å². The molecule has 0 amide bonds. The number of hydrogen-bond acceptors (Lipinski definition) is 8. The summed E-state index contributed by atoms with van der Waals surface area (Å²) in [6, 6.07) is 0. The second kappa shape index (κ2) is 24.6. The van der Waals surface area contributed by atoms with Crippen LogP contribution in [-0.4, -0.2) is 70.0 Å². The lowest BCUT2D eigenvalue weighted by Gasteiger charge is -2.19. The summed E-state index contributed by atoms with van der Waals surface area (Å²) in [4.78, 5) is 24.2. The van der Waals surface area contributed by atoms with Gasteiger partial charge >= 0.3 is 11.9 Å². The Bertz CT molecular complexity index is 780. The van der Waals surface area contributed by atoms with E-state index < -0.39 is 37.0 Å². The van der Waals surface area contributed by atoms with Crippen molar-refractivity contribution in [1.29, 1.82) is 0 Å². The van der Waals surface area contributed by atoms with E-state index in [9.17, 15) is 30.0 Å². The van der Waals surface area contributed by atoms with Gasteiger partial charge in [0.25, 0.3) is 0 Å². The summed E-state index contributed by atoms with van der Waals surface area (Å²) >= 11 is 0. The average Bonchev–Trinajstić information content (AvgIpc) is 3.24. The van der Waals surface area contributed by atoms with Gasteiger partial charge < -0.3 is 29.9 Å². The van der Waals surface area contributed by atoms with Crippen LogP contribution in [0.2, 0.25) is 0 Å². The molecular formula is C35H62O8. The third kappa shape index (κ3) is 19.3. The summed E-state index contributed by atoms with van der Waals surface area (Å²) < 4.78 is 10.5. The van der Waals surface area contributed by atoms with Crippen molar-refractivity contribution in [2.75, 3.05) is 13.2 Å². The zero-order valence-corrected chi connectivity index (χ0v) is 27.2. The fraction of sp³-hybridized carbons (Fsp3) is 0.829. The summed E-state index contributed by atoms with van der Waals surface area (Å²) in [6.45, 7) is 6.06. The number of rotatable bonds is 25. The number of aliphatic hydroxyl groups excluding tert-OH is 4. The molecule has 4 N–H and O–H groups in total. The van der Waals surface area contributed by atoms with Gasteiger partial charge in [0.15, 0.2) is 6.10 Å². The molecule has 0 aromatic rings. The number of ether oxygens (including phenoxy) is 2. The van der Waals surface area contributed by atoms with Crippen LogP contribution in [-0.2, 0) is 19.1 Å². The second-order valence-corrected chi connectivity index (χ2v) is 12.7. The SMILES string of the molecule is CCCCC[C@H](O)/C=C/[C@@H]1[C@@H](C/C=C/CCCC(=O)O[C@@H](CO)COC(=O)CCCCCCCCC(C)C)[C@@H](O)C[C@H]1O. The van der Waals surface area contributed by atoms with Gasteiger partial charge in [-0.1, -0.05) is 103 Å². The third-order valence-corrected chi connectivity index (χ3v) is 8.25. The zero-order valence-electron chi connectivity index (χ0n) is 27.2. The Balaban J connectivity index is 2.23. The van der Waals surface area contributed by atoms with Gasteiger partial charge in [0.1, 0.15) is 6.61 Å². The van der Waals surface area contributed by atoms with Crippen LogP contribution in [0.1, 0.15) is 130 Å². The van der Waals surface area contributed by atoms with Gasteiger partial charge in [0, 0.05) is 25.2 Å². The van der Waals surface area contributed by atoms with Crippen LogP contribution in [0.5, 0.6) is 0 Å². The predicted molar refractivity (Wildman–Crippen MR) is 170 cm³/mol. The number of carbonyl (C=O) groups excluding carboxylic acids is 2. The highest BCUT2D eigenvalue weighted by atomic mass is 16.6. The van der Waals surface area contributed by atoms with Gasteiger partial charge in [-0.25, -0.2) is 0 Å². The zero-order chi connectivity index (χ0) is 31.9. The fourth-order valence-electron chi connectivity index (χ4n) is 5.55. The van der Waals surface area contributed by atoms with Gasteiger partial charge in [-0.15, -0.1) is 0 Å². The van der Waals surface area contributed by atoms with E-state index in [0.717, 1.165) is 44.4 Å². The van der Waals surface area contributed by atoms with Crippen molar-refractivity contribution >= 4 is 11.9 Å². The summed E-state index contributed by atoms with van der Waals surface area (Å²) in [6.07, 6.45) is 19.2. The monoisotopic (exact) mass is 610 g/mol. The lowest BCUT2D eigenvalue weighted by molar-refractivity contribution is -0.161. The van der Waals surface area contributed by atoms with E-state index in [1.54, 1.807) is 6.08 Å². The Morgan fingerprint density at radius 3 is 2.23 bits per heavy atom. The first kappa shape index (κ1) is 39.3. The number of aliphatic hydroxyl groups is 4. The molecule has 0 aliphatic heterocycles. The van der Waals surface area contributed by atoms with Crippen LogP contribution in [0.4, 0.5) is 0 Å². The van der Waals surface area contributed by atoms with Crippen molar-refractivity contribution < 1.29 is 39.5 Å². The first-order valence-corrected chi connectivity index (χ1v) is 17.0. The Labute approximate surface area is 260 Å². The van der Waals surface area contributed by atoms with Crippen LogP contribution in [0.3, 0.4) is 0 Å². The van der Waals surface area contributed by atoms with E-state index in [-0.39, 0.29) is 30.8 Å². The minimum Gasteiger partial charge on any atom is -0.462 e. The molecule has 250 valence electrons. The second-order valence-electron chi connectivity index (χ2n) is 12.7. The lowest BCUT2D eigenvalue weighted by atomic mass is 9.89. The van der Waals surface area contributed by atoms with E-state index in [2.05, 4.69) is 20.8 Å². The Kier molecular flexibility index (Phi) is 22.4. The molecule has 1 aliphatic rings. The molecule has 6 atom stereocenters. The molecular weight excluding hydrogens is 548 g/mol. The molecule has 8 nitrogen and oxygen atoms in total. The molecule has 1 saturated carbocycles. The lowest BCUT2D eigenvalue weighted by Crippen LogP contribution is -2.28. The number of carbonyl (C=O) groups is 2. The molecule has 0 aromatic heterocycles. The van der Waals surface area contributed by atoms with Crippen molar-refractivity contribution in [3.8, 4) is 0 Å². The Hall–Kier alpha value is -1.74. The highest BCUT2D eigenvalue weighted by Gasteiger charge is 2.39. The van der Waals surface area contributed by atoms with Gasteiger partial charge in [0.2, 0.25) is 0 Å². The maximum Gasteiger partial charge on any atom is 0.306 e. The molecule has 8 heteroatoms. The Morgan fingerprint density at radius 1 is 0.860 bits per heavy atom. The molecule has 0 bridgehead atoms. The first-order chi connectivity index (χ1) is 20.7. The van der Waals surface area contributed by atoms with Crippen molar-refractivity contribution in [1.82, 2.24) is 0 Å². The topological polar surface area (TPSA) is 134 Å². The number of unbranched alkanes of at least 4 members (excludes halogenated alkanes) is 8. The molecule has 1 rings (SSSR count). The van der Waals surface area contributed by atoms with Crippen molar-refractivity contribution in [2.24, 2.45) is 17.8 Å². The molecule has 0 spiro atoms. The quantitative estimate of drug-likeness (QED) is 0.0547. The van der Waals surface area contributed by atoms with Gasteiger partial charge in [0.05, 0.1) is 24.9 Å². The summed E-state index contributed by atoms with van der Waals surface area (Å²) in [5.74, 6) is -0.353. The summed E-state index contributed by atoms with van der Waals surface area (Å²) in [5, 5.41) is 40.5. The van der Waals surface area contributed by atoms with Crippen LogP contribution in [0.25, 0.3) is 0 Å². The smallest absolute Gasteiger partial charge is 0.306 e. The fourth-order valence-corrected chi connectivity index (χ4v) is 5.55. The van der Waals surface area contributed by atoms with Crippen molar-refractivity contribution in [2.45, 2.75) is 154 Å². The van der Waals surface area contributed by atoms with E-state index in [0.29, 0.717) is 38.5 Å². The largest absolute Gasteiger partial charge is 0.462 e. The first-order valence-electron chi connectivity index (χ1n) is 17.0. The van der Waals surface area contributed by atoms with E-state index in [1.807, 2.05) is 18.2 Å². The average molecular weight is 611 g/mol. The number of allylic oxidation sites excluding steroid dienone is 2. The van der Waals surface area contributed by atoms with Crippen molar-refractivity contribution in [3.63, 3.8) is 0 Å². The molecule has 1 aliphatic carbocycles. The highest BCUT2D eigenvalue weighted by molar-refractivity contribution is 5.70. The van der Waals surface area contributed by atoms with E-state index >= 15 is 0 Å². The van der Waals surface area contributed by atoms with Gasteiger partial charge in [-0.3, -0.25) is 9.59 Å². The van der Waals surface area contributed by atoms with Gasteiger partial charge in [-0.05, 0) is 43.9 Å². The van der Waals surface area contributed by atoms with Crippen molar-refractivity contribution in [3.05, 3.63) is 24.3 Å². The minimum absolute atomic E-state index is 0.122. The minimum atomic E-state index is -0.863. The Morgan fingerprint density at radius 2 is 1.53 bits per heavy atom. The van der Waals surface area contributed by atoms with Crippen LogP contribution in [0, 0.1) is 17.8 Å². The predicted octanol–water partition coefficient (Wildman–Crippen LogP) is 6.18. The number of esters is 2. The van der Waals surface area contributed by atoms with Gasteiger partial charge in [-0.2, -0.15) is 0 Å². The van der Waals surface area contributed by atoms with Crippen LogP contribution >= 0.6 is 0 Å². The molecule has 0 heterocycles. The van der Waals surface area contributed by atoms with E-state index in [1.165, 1.54) is 25.7 Å². The molecule has 0 saturated heterocycles. The summed E-state index contributed by atoms with van der Waals surface area (Å²) in [7, 11) is 0. The molecule has 0 aromatic carbocycles. The highest BCUT2D eigenvalue weighted by Crippen LogP contribution is 2.36.